The second kappa shape index (κ2) is 16.6. The van der Waals surface area contributed by atoms with Gasteiger partial charge in [-0.25, -0.2) is 9.97 Å². The Balaban J connectivity index is 0.000000618. The van der Waals surface area contributed by atoms with E-state index >= 15 is 0 Å². The van der Waals surface area contributed by atoms with Gasteiger partial charge in [0.25, 0.3) is 0 Å². The van der Waals surface area contributed by atoms with Gasteiger partial charge in [0, 0.05) is 11.5 Å². The van der Waals surface area contributed by atoms with E-state index in [1.807, 2.05) is 24.3 Å². The number of rotatable bonds is 5. The van der Waals surface area contributed by atoms with Crippen LogP contribution in [-0.4, -0.2) is 17.1 Å². The van der Waals surface area contributed by atoms with Gasteiger partial charge in [0.05, 0.1) is 22.8 Å². The Kier molecular flexibility index (Phi) is 11.0. The molecule has 7 aromatic rings. The summed E-state index contributed by atoms with van der Waals surface area (Å²) >= 11 is 0. The SMILES string of the molecule is C/C=C(\[O-])OC.C1=Cc2nc1c(-c1ccccc1)c1nc(c(-c3ccccc3)c3ccc([n-]3)c(-c3ccccc3)c3ccc([n-]3)c2-c2ccccc2)C=C1.[Co+3]. The van der Waals surface area contributed by atoms with Gasteiger partial charge >= 0.3 is 16.8 Å². The first-order chi connectivity index (χ1) is 26.6. The van der Waals surface area contributed by atoms with Gasteiger partial charge in [0.15, 0.2) is 0 Å². The van der Waals surface area contributed by atoms with Gasteiger partial charge in [-0.05, 0) is 77.3 Å². The Hall–Kier alpha value is -6.67. The van der Waals surface area contributed by atoms with E-state index in [4.69, 9.17) is 19.9 Å². The molecule has 7 heteroatoms. The molecular formula is C48H35CoN4O2. The van der Waals surface area contributed by atoms with Gasteiger partial charge in [-0.2, -0.15) is 0 Å². The number of hydrogen-bond acceptors (Lipinski definition) is 4. The second-order valence-corrected chi connectivity index (χ2v) is 12.6. The molecule has 0 fully saturated rings. The molecule has 0 N–H and O–H groups in total. The van der Waals surface area contributed by atoms with E-state index in [2.05, 4.69) is 150 Å². The topological polar surface area (TPSA) is 86.3 Å². The molecule has 5 heterocycles. The number of fused-ring (bicyclic) bond motifs is 8. The normalized spacial score (nSPS) is 11.7. The summed E-state index contributed by atoms with van der Waals surface area (Å²) in [4.78, 5) is 21.2. The molecule has 0 saturated heterocycles. The number of benzene rings is 4. The van der Waals surface area contributed by atoms with Crippen LogP contribution in [0.5, 0.6) is 0 Å². The fourth-order valence-electron chi connectivity index (χ4n) is 6.81. The van der Waals surface area contributed by atoms with Crippen molar-refractivity contribution in [2.24, 2.45) is 0 Å². The molecule has 9 rings (SSSR count). The smallest absolute Gasteiger partial charge is 0.657 e. The number of nitrogens with zero attached hydrogens (tertiary/aromatic N) is 4. The molecule has 4 aromatic carbocycles. The minimum absolute atomic E-state index is 0. The summed E-state index contributed by atoms with van der Waals surface area (Å²) in [6.07, 6.45) is 9.77. The van der Waals surface area contributed by atoms with Crippen LogP contribution < -0.4 is 15.1 Å². The van der Waals surface area contributed by atoms with E-state index in [1.165, 1.54) is 13.2 Å². The summed E-state index contributed by atoms with van der Waals surface area (Å²) in [6.45, 7) is 1.63. The maximum absolute atomic E-state index is 9.90. The number of ether oxygens (including phenoxy) is 1. The van der Waals surface area contributed by atoms with E-state index in [0.717, 1.165) is 89.4 Å². The van der Waals surface area contributed by atoms with Crippen molar-refractivity contribution in [2.75, 3.05) is 7.11 Å². The third kappa shape index (κ3) is 7.57. The molecule has 0 unspecified atom stereocenters. The molecule has 55 heavy (non-hydrogen) atoms. The molecule has 2 aliphatic heterocycles. The molecule has 0 amide bonds. The quantitative estimate of drug-likeness (QED) is 0.163. The van der Waals surface area contributed by atoms with Crippen LogP contribution in [-0.2, 0) is 21.5 Å². The second-order valence-electron chi connectivity index (χ2n) is 12.6. The van der Waals surface area contributed by atoms with Crippen molar-refractivity contribution < 1.29 is 26.6 Å². The van der Waals surface area contributed by atoms with E-state index in [9.17, 15) is 5.11 Å². The van der Waals surface area contributed by atoms with E-state index in [0.29, 0.717) is 0 Å². The minimum Gasteiger partial charge on any atom is -0.657 e. The molecule has 0 aliphatic carbocycles. The molecule has 0 atom stereocenters. The fraction of sp³-hybridized carbons (Fsp3) is 0.0417. The average Bonchev–Trinajstić information content (AvgIpc) is 4.08. The zero-order valence-corrected chi connectivity index (χ0v) is 31.2. The largest absolute Gasteiger partial charge is 3.00 e. The van der Waals surface area contributed by atoms with Gasteiger partial charge in [0.1, 0.15) is 0 Å². The van der Waals surface area contributed by atoms with Crippen molar-refractivity contribution >= 4 is 46.4 Å². The van der Waals surface area contributed by atoms with Gasteiger partial charge < -0.3 is 19.8 Å². The van der Waals surface area contributed by atoms with Crippen molar-refractivity contribution in [1.82, 2.24) is 19.9 Å². The first-order valence-corrected chi connectivity index (χ1v) is 17.8. The van der Waals surface area contributed by atoms with E-state index in [1.54, 1.807) is 6.92 Å². The van der Waals surface area contributed by atoms with Crippen molar-refractivity contribution in [1.29, 1.82) is 0 Å². The van der Waals surface area contributed by atoms with Gasteiger partial charge in [-0.1, -0.05) is 152 Å². The van der Waals surface area contributed by atoms with Crippen LogP contribution in [0.1, 0.15) is 29.7 Å². The number of aromatic nitrogens is 4. The summed E-state index contributed by atoms with van der Waals surface area (Å²) in [6, 6.07) is 50.0. The van der Waals surface area contributed by atoms with Crippen LogP contribution in [0.15, 0.2) is 158 Å². The number of allylic oxidation sites excluding steroid dienone is 1. The Morgan fingerprint density at radius 1 is 0.455 bits per heavy atom. The minimum atomic E-state index is -0.282. The third-order valence-corrected chi connectivity index (χ3v) is 9.30. The van der Waals surface area contributed by atoms with Crippen LogP contribution in [0.4, 0.5) is 0 Å². The van der Waals surface area contributed by atoms with Crippen LogP contribution in [0.25, 0.3) is 90.9 Å². The van der Waals surface area contributed by atoms with Gasteiger partial charge in [-0.3, -0.25) is 0 Å². The molecular weight excluding hydrogens is 723 g/mol. The molecule has 0 saturated carbocycles. The van der Waals surface area contributed by atoms with Crippen LogP contribution in [0, 0.1) is 0 Å². The molecule has 3 aromatic heterocycles. The standard InChI is InChI=1S/C44H28N4.C4H8O2.Co/c1-5-13-29(14-6-1)41-33-21-23-35(45-33)42(30-15-7-2-8-16-30)37-25-27-39(47-37)44(32-19-11-4-12-20-32)40-28-26-38(48-40)43(31-17-9-3-10-18-31)36-24-22-34(41)46-36;1-3-4(5)6-2;/h1-28H;3,5H,1-2H3;/q-2;;+3/p-1/b;4-3+;. The molecule has 2 aliphatic rings. The van der Waals surface area contributed by atoms with Crippen LogP contribution in [0.2, 0.25) is 0 Å². The first-order valence-electron chi connectivity index (χ1n) is 17.8. The summed E-state index contributed by atoms with van der Waals surface area (Å²) < 4.78 is 4.20. The van der Waals surface area contributed by atoms with Crippen molar-refractivity contribution in [2.45, 2.75) is 6.92 Å². The molecule has 0 radical (unpaired) electrons. The predicted octanol–water partition coefficient (Wildman–Crippen LogP) is 10.4. The first kappa shape index (κ1) is 36.7. The Labute approximate surface area is 330 Å². The summed E-state index contributed by atoms with van der Waals surface area (Å²) in [7, 11) is 1.35. The predicted molar refractivity (Wildman–Crippen MR) is 219 cm³/mol. The monoisotopic (exact) mass is 758 g/mol. The van der Waals surface area contributed by atoms with Crippen molar-refractivity contribution in [3.8, 4) is 44.5 Å². The Bertz CT molecular complexity index is 2560. The zero-order chi connectivity index (χ0) is 36.9. The van der Waals surface area contributed by atoms with Crippen molar-refractivity contribution in [3.05, 3.63) is 180 Å². The third-order valence-electron chi connectivity index (χ3n) is 9.30. The van der Waals surface area contributed by atoms with E-state index < -0.39 is 0 Å². The fourth-order valence-corrected chi connectivity index (χ4v) is 6.81. The maximum Gasteiger partial charge on any atom is 3.00 e. The molecule has 0 spiro atoms. The zero-order valence-electron chi connectivity index (χ0n) is 30.2. The van der Waals surface area contributed by atoms with Gasteiger partial charge in [-0.15, -0.1) is 22.1 Å². The van der Waals surface area contributed by atoms with Crippen molar-refractivity contribution in [3.63, 3.8) is 0 Å². The Morgan fingerprint density at radius 2 is 0.745 bits per heavy atom. The number of methoxy groups -OCH3 is 1. The van der Waals surface area contributed by atoms with E-state index in [-0.39, 0.29) is 22.7 Å². The number of hydrogen-bond donors (Lipinski definition) is 0. The molecule has 268 valence electrons. The maximum atomic E-state index is 9.90. The van der Waals surface area contributed by atoms with Crippen LogP contribution in [0.3, 0.4) is 0 Å². The summed E-state index contributed by atoms with van der Waals surface area (Å²) in [5.74, 6) is -0.282. The Morgan fingerprint density at radius 3 is 1.05 bits per heavy atom. The summed E-state index contributed by atoms with van der Waals surface area (Å²) in [5.41, 5.74) is 15.0. The van der Waals surface area contributed by atoms with Crippen LogP contribution >= 0.6 is 0 Å². The molecule has 6 nitrogen and oxygen atoms in total. The summed E-state index contributed by atoms with van der Waals surface area (Å²) in [5, 5.41) is 9.90. The molecule has 8 bridgehead atoms. The van der Waals surface area contributed by atoms with Gasteiger partial charge in [0.2, 0.25) is 0 Å². The average molecular weight is 759 g/mol.